The van der Waals surface area contributed by atoms with Gasteiger partial charge < -0.3 is 4.57 Å². The molecule has 3 rings (SSSR count). The molecule has 3 nitrogen and oxygen atoms in total. The smallest absolute Gasteiger partial charge is 0.195 e. The van der Waals surface area contributed by atoms with E-state index in [1.807, 2.05) is 79.9 Å². The third-order valence-corrected chi connectivity index (χ3v) is 4.62. The maximum atomic E-state index is 13.1. The zero-order valence-corrected chi connectivity index (χ0v) is 14.2. The molecule has 0 saturated carbocycles. The first-order valence-electron chi connectivity index (χ1n) is 8.28. The maximum absolute atomic E-state index is 13.1. The first-order chi connectivity index (χ1) is 11.6. The Hall–Kier alpha value is -2.68. The van der Waals surface area contributed by atoms with Gasteiger partial charge in [-0.3, -0.25) is 9.59 Å². The van der Waals surface area contributed by atoms with Crippen LogP contribution in [-0.4, -0.2) is 16.1 Å². The summed E-state index contributed by atoms with van der Waals surface area (Å²) in [7, 11) is 0. The van der Waals surface area contributed by atoms with Crippen molar-refractivity contribution in [2.45, 2.75) is 33.2 Å². The van der Waals surface area contributed by atoms with E-state index >= 15 is 0 Å². The van der Waals surface area contributed by atoms with Crippen molar-refractivity contribution in [2.24, 2.45) is 0 Å². The van der Waals surface area contributed by atoms with Crippen LogP contribution in [0.25, 0.3) is 10.9 Å². The summed E-state index contributed by atoms with van der Waals surface area (Å²) in [5.74, 6) is 0.164. The van der Waals surface area contributed by atoms with Gasteiger partial charge in [0.15, 0.2) is 11.6 Å². The minimum absolute atomic E-state index is 0.000743. The van der Waals surface area contributed by atoms with E-state index in [2.05, 4.69) is 0 Å². The number of ketones is 2. The van der Waals surface area contributed by atoms with Gasteiger partial charge in [0.1, 0.15) is 0 Å². The number of aromatic nitrogens is 1. The molecule has 0 bridgehead atoms. The molecule has 122 valence electrons. The van der Waals surface area contributed by atoms with Gasteiger partial charge in [-0.15, -0.1) is 0 Å². The van der Waals surface area contributed by atoms with Crippen molar-refractivity contribution >= 4 is 22.5 Å². The van der Waals surface area contributed by atoms with Gasteiger partial charge in [0.2, 0.25) is 0 Å². The summed E-state index contributed by atoms with van der Waals surface area (Å²) in [6.45, 7) is 5.70. The second-order valence-corrected chi connectivity index (χ2v) is 6.04. The summed E-state index contributed by atoms with van der Waals surface area (Å²) in [5, 5.41) is 0.902. The van der Waals surface area contributed by atoms with E-state index in [0.717, 1.165) is 16.6 Å². The highest BCUT2D eigenvalue weighted by Crippen LogP contribution is 2.31. The number of carbonyl (C=O) groups excluding carboxylic acids is 2. The van der Waals surface area contributed by atoms with Crippen LogP contribution in [0.2, 0.25) is 0 Å². The molecule has 0 N–H and O–H groups in total. The number of carbonyl (C=O) groups is 2. The van der Waals surface area contributed by atoms with E-state index in [0.29, 0.717) is 17.5 Å². The van der Waals surface area contributed by atoms with Crippen molar-refractivity contribution in [3.05, 3.63) is 71.4 Å². The Morgan fingerprint density at radius 1 is 1.00 bits per heavy atom. The van der Waals surface area contributed by atoms with E-state index in [1.165, 1.54) is 0 Å². The number of para-hydroxylation sites is 1. The molecule has 0 radical (unpaired) electrons. The quantitative estimate of drug-likeness (QED) is 0.638. The van der Waals surface area contributed by atoms with Crippen LogP contribution in [0.3, 0.4) is 0 Å². The molecule has 0 aliphatic heterocycles. The van der Waals surface area contributed by atoms with Gasteiger partial charge in [-0.2, -0.15) is 0 Å². The number of nitrogens with zero attached hydrogens (tertiary/aromatic N) is 1. The SMILES string of the molecule is CCC(=O)C(C)n1c(C)c(C(=O)c2ccccc2)c2ccccc21. The minimum atomic E-state index is -0.280. The van der Waals surface area contributed by atoms with Crippen LogP contribution in [-0.2, 0) is 4.79 Å². The molecule has 0 spiro atoms. The standard InChI is InChI=1S/C21H21NO2/c1-4-19(23)14(2)22-15(3)20(17-12-8-9-13-18(17)22)21(24)16-10-6-5-7-11-16/h5-14H,4H2,1-3H3. The van der Waals surface area contributed by atoms with E-state index in [-0.39, 0.29) is 17.6 Å². The summed E-state index contributed by atoms with van der Waals surface area (Å²) in [6, 6.07) is 16.8. The number of Topliss-reactive ketones (excluding diaryl/α,β-unsaturated/α-hetero) is 1. The molecule has 1 aromatic heterocycles. The van der Waals surface area contributed by atoms with Gasteiger partial charge in [0.05, 0.1) is 11.6 Å². The second-order valence-electron chi connectivity index (χ2n) is 6.04. The summed E-state index contributed by atoms with van der Waals surface area (Å²) >= 11 is 0. The highest BCUT2D eigenvalue weighted by molar-refractivity contribution is 6.17. The van der Waals surface area contributed by atoms with E-state index < -0.39 is 0 Å². The molecular formula is C21H21NO2. The first kappa shape index (κ1) is 16.2. The Balaban J connectivity index is 2.25. The Labute approximate surface area is 141 Å². The van der Waals surface area contributed by atoms with Crippen LogP contribution in [0.15, 0.2) is 54.6 Å². The first-order valence-corrected chi connectivity index (χ1v) is 8.28. The van der Waals surface area contributed by atoms with Gasteiger partial charge in [0, 0.05) is 28.6 Å². The molecular weight excluding hydrogens is 298 g/mol. The molecule has 1 unspecified atom stereocenters. The van der Waals surface area contributed by atoms with Crippen LogP contribution in [0.5, 0.6) is 0 Å². The summed E-state index contributed by atoms with van der Waals surface area (Å²) < 4.78 is 2.00. The van der Waals surface area contributed by atoms with Crippen molar-refractivity contribution in [2.75, 3.05) is 0 Å². The molecule has 3 heteroatoms. The summed E-state index contributed by atoms with van der Waals surface area (Å²) in [4.78, 5) is 25.3. The maximum Gasteiger partial charge on any atom is 0.195 e. The Bertz CT molecular complexity index is 906. The van der Waals surface area contributed by atoms with Crippen molar-refractivity contribution in [3.8, 4) is 0 Å². The van der Waals surface area contributed by atoms with Crippen molar-refractivity contribution in [1.29, 1.82) is 0 Å². The normalized spacial score (nSPS) is 12.3. The Kier molecular flexibility index (Phi) is 4.34. The Morgan fingerprint density at radius 2 is 1.62 bits per heavy atom. The zero-order chi connectivity index (χ0) is 17.3. The van der Waals surface area contributed by atoms with E-state index in [4.69, 9.17) is 0 Å². The zero-order valence-electron chi connectivity index (χ0n) is 14.2. The monoisotopic (exact) mass is 319 g/mol. The molecule has 0 fully saturated rings. The van der Waals surface area contributed by atoms with Gasteiger partial charge in [-0.25, -0.2) is 0 Å². The lowest BCUT2D eigenvalue weighted by Crippen LogP contribution is -2.17. The van der Waals surface area contributed by atoms with Crippen molar-refractivity contribution in [1.82, 2.24) is 4.57 Å². The third kappa shape index (κ3) is 2.56. The second kappa shape index (κ2) is 6.44. The molecule has 0 saturated heterocycles. The lowest BCUT2D eigenvalue weighted by molar-refractivity contribution is -0.121. The molecule has 24 heavy (non-hydrogen) atoms. The predicted molar refractivity (Wildman–Crippen MR) is 96.6 cm³/mol. The average Bonchev–Trinajstić information content (AvgIpc) is 2.92. The number of hydrogen-bond donors (Lipinski definition) is 0. The summed E-state index contributed by atoms with van der Waals surface area (Å²) in [6.07, 6.45) is 0.481. The predicted octanol–water partition coefficient (Wildman–Crippen LogP) is 4.72. The van der Waals surface area contributed by atoms with Crippen molar-refractivity contribution in [3.63, 3.8) is 0 Å². The van der Waals surface area contributed by atoms with Gasteiger partial charge >= 0.3 is 0 Å². The lowest BCUT2D eigenvalue weighted by atomic mass is 10.0. The third-order valence-electron chi connectivity index (χ3n) is 4.62. The largest absolute Gasteiger partial charge is 0.334 e. The minimum Gasteiger partial charge on any atom is -0.334 e. The lowest BCUT2D eigenvalue weighted by Gasteiger charge is -2.16. The van der Waals surface area contributed by atoms with Gasteiger partial charge in [-0.05, 0) is 19.9 Å². The highest BCUT2D eigenvalue weighted by atomic mass is 16.1. The van der Waals surface area contributed by atoms with E-state index in [1.54, 1.807) is 0 Å². The molecule has 1 heterocycles. The van der Waals surface area contributed by atoms with E-state index in [9.17, 15) is 9.59 Å². The molecule has 0 amide bonds. The fourth-order valence-corrected chi connectivity index (χ4v) is 3.35. The van der Waals surface area contributed by atoms with Crippen LogP contribution < -0.4 is 0 Å². The Morgan fingerprint density at radius 3 is 2.29 bits per heavy atom. The molecule has 3 aromatic rings. The summed E-state index contributed by atoms with van der Waals surface area (Å²) in [5.41, 5.74) is 3.13. The van der Waals surface area contributed by atoms with Crippen LogP contribution in [0.1, 0.15) is 47.9 Å². The van der Waals surface area contributed by atoms with Crippen LogP contribution in [0.4, 0.5) is 0 Å². The van der Waals surface area contributed by atoms with Crippen molar-refractivity contribution < 1.29 is 9.59 Å². The number of rotatable bonds is 5. The number of hydrogen-bond acceptors (Lipinski definition) is 2. The molecule has 1 atom stereocenters. The number of benzene rings is 2. The topological polar surface area (TPSA) is 39.1 Å². The average molecular weight is 319 g/mol. The molecule has 0 aliphatic carbocycles. The fraction of sp³-hybridized carbons (Fsp3) is 0.238. The van der Waals surface area contributed by atoms with Gasteiger partial charge in [-0.1, -0.05) is 55.5 Å². The number of fused-ring (bicyclic) bond motifs is 1. The van der Waals surface area contributed by atoms with Crippen LogP contribution in [0, 0.1) is 6.92 Å². The van der Waals surface area contributed by atoms with Crippen LogP contribution >= 0.6 is 0 Å². The molecule has 2 aromatic carbocycles. The fourth-order valence-electron chi connectivity index (χ4n) is 3.35. The van der Waals surface area contributed by atoms with Gasteiger partial charge in [0.25, 0.3) is 0 Å². The highest BCUT2D eigenvalue weighted by Gasteiger charge is 2.25. The molecule has 0 aliphatic rings.